The number of esters is 1. The van der Waals surface area contributed by atoms with E-state index in [0.29, 0.717) is 11.7 Å². The van der Waals surface area contributed by atoms with Crippen LogP contribution in [0.5, 0.6) is 0 Å². The minimum Gasteiger partial charge on any atom is -0.465 e. The van der Waals surface area contributed by atoms with Crippen molar-refractivity contribution in [3.63, 3.8) is 0 Å². The van der Waals surface area contributed by atoms with Crippen molar-refractivity contribution in [1.82, 2.24) is 14.8 Å². The number of aromatic nitrogens is 3. The minimum absolute atomic E-state index is 0.106. The molecule has 1 aromatic carbocycles. The Balaban J connectivity index is 1.47. The zero-order valence-electron chi connectivity index (χ0n) is 17.2. The predicted octanol–water partition coefficient (Wildman–Crippen LogP) is 2.90. The maximum atomic E-state index is 13.0. The van der Waals surface area contributed by atoms with Gasteiger partial charge in [0.2, 0.25) is 11.9 Å². The van der Waals surface area contributed by atoms with Crippen LogP contribution < -0.4 is 9.80 Å². The first-order chi connectivity index (χ1) is 14.7. The van der Waals surface area contributed by atoms with E-state index in [1.165, 1.54) is 29.5 Å². The second-order valence-electron chi connectivity index (χ2n) is 7.49. The molecule has 9 heteroatoms. The van der Waals surface area contributed by atoms with Crippen molar-refractivity contribution in [2.75, 3.05) is 41.8 Å². The van der Waals surface area contributed by atoms with E-state index in [1.54, 1.807) is 6.92 Å². The van der Waals surface area contributed by atoms with Gasteiger partial charge in [0.1, 0.15) is 6.54 Å². The highest BCUT2D eigenvalue weighted by molar-refractivity contribution is 7.99. The fraction of sp³-hybridized carbons (Fsp3) is 0.524. The first-order valence-electron chi connectivity index (χ1n) is 10.5. The van der Waals surface area contributed by atoms with Crippen molar-refractivity contribution in [2.45, 2.75) is 43.8 Å². The van der Waals surface area contributed by atoms with E-state index < -0.39 is 5.97 Å². The first-order valence-corrected chi connectivity index (χ1v) is 11.5. The van der Waals surface area contributed by atoms with Crippen LogP contribution in [0.2, 0.25) is 0 Å². The molecule has 4 rings (SSSR count). The third kappa shape index (κ3) is 4.77. The zero-order valence-corrected chi connectivity index (χ0v) is 18.0. The van der Waals surface area contributed by atoms with Gasteiger partial charge < -0.3 is 14.5 Å². The molecule has 1 saturated carbocycles. The SMILES string of the molecule is CCOC(=O)CN(C(=O)CSc1nnc(N2CCCC2)n1C1CC1)c1ccccc1. The Kier molecular flexibility index (Phi) is 6.56. The summed E-state index contributed by atoms with van der Waals surface area (Å²) in [5, 5.41) is 9.60. The van der Waals surface area contributed by atoms with Crippen molar-refractivity contribution in [3.8, 4) is 0 Å². The Labute approximate surface area is 180 Å². The average Bonchev–Trinajstić information content (AvgIpc) is 3.27. The quantitative estimate of drug-likeness (QED) is 0.448. The molecule has 0 spiro atoms. The number of thioether (sulfide) groups is 1. The third-order valence-corrected chi connectivity index (χ3v) is 6.16. The third-order valence-electron chi connectivity index (χ3n) is 5.23. The molecule has 1 amide bonds. The van der Waals surface area contributed by atoms with Crippen LogP contribution in [0.25, 0.3) is 0 Å². The van der Waals surface area contributed by atoms with Gasteiger partial charge >= 0.3 is 5.97 Å². The summed E-state index contributed by atoms with van der Waals surface area (Å²) in [6.07, 6.45) is 4.61. The standard InChI is InChI=1S/C21H27N5O3S/c1-2-29-19(28)14-25(16-8-4-3-5-9-16)18(27)15-30-21-23-22-20(24-12-6-7-13-24)26(21)17-10-11-17/h3-5,8-9,17H,2,6-7,10-15H2,1H3. The smallest absolute Gasteiger partial charge is 0.326 e. The van der Waals surface area contributed by atoms with Gasteiger partial charge in [0.25, 0.3) is 0 Å². The van der Waals surface area contributed by atoms with Crippen LogP contribution in [0.15, 0.2) is 35.5 Å². The van der Waals surface area contributed by atoms with Gasteiger partial charge in [-0.3, -0.25) is 14.2 Å². The van der Waals surface area contributed by atoms with Crippen LogP contribution in [0.3, 0.4) is 0 Å². The number of amides is 1. The second kappa shape index (κ2) is 9.51. The van der Waals surface area contributed by atoms with Crippen molar-refractivity contribution >= 4 is 35.3 Å². The number of ether oxygens (including phenoxy) is 1. The molecule has 0 unspecified atom stereocenters. The van der Waals surface area contributed by atoms with Crippen molar-refractivity contribution in [2.24, 2.45) is 0 Å². The van der Waals surface area contributed by atoms with Crippen LogP contribution in [-0.4, -0.2) is 58.6 Å². The summed E-state index contributed by atoms with van der Waals surface area (Å²) < 4.78 is 7.25. The monoisotopic (exact) mass is 429 g/mol. The summed E-state index contributed by atoms with van der Waals surface area (Å²) in [7, 11) is 0. The second-order valence-corrected chi connectivity index (χ2v) is 8.43. The molecule has 160 valence electrons. The molecule has 1 aliphatic heterocycles. The molecule has 2 fully saturated rings. The fourth-order valence-electron chi connectivity index (χ4n) is 3.62. The summed E-state index contributed by atoms with van der Waals surface area (Å²) in [5.74, 6) is 0.528. The fourth-order valence-corrected chi connectivity index (χ4v) is 4.50. The highest BCUT2D eigenvalue weighted by Gasteiger charge is 2.33. The van der Waals surface area contributed by atoms with Crippen molar-refractivity contribution in [3.05, 3.63) is 30.3 Å². The number of benzene rings is 1. The average molecular weight is 430 g/mol. The Morgan fingerprint density at radius 1 is 1.17 bits per heavy atom. The summed E-state index contributed by atoms with van der Waals surface area (Å²) in [4.78, 5) is 28.9. The predicted molar refractivity (Wildman–Crippen MR) is 116 cm³/mol. The molecule has 0 radical (unpaired) electrons. The van der Waals surface area contributed by atoms with Crippen LogP contribution >= 0.6 is 11.8 Å². The van der Waals surface area contributed by atoms with E-state index in [0.717, 1.165) is 37.0 Å². The molecule has 0 atom stereocenters. The van der Waals surface area contributed by atoms with Gasteiger partial charge in [-0.25, -0.2) is 0 Å². The van der Waals surface area contributed by atoms with Crippen LogP contribution in [0, 0.1) is 0 Å². The first kappa shape index (κ1) is 20.7. The number of nitrogens with zero attached hydrogens (tertiary/aromatic N) is 5. The number of rotatable bonds is 9. The van der Waals surface area contributed by atoms with E-state index in [2.05, 4.69) is 19.7 Å². The Morgan fingerprint density at radius 3 is 2.57 bits per heavy atom. The van der Waals surface area contributed by atoms with Gasteiger partial charge in [-0.05, 0) is 44.7 Å². The minimum atomic E-state index is -0.419. The van der Waals surface area contributed by atoms with Gasteiger partial charge in [-0.15, -0.1) is 10.2 Å². The lowest BCUT2D eigenvalue weighted by Gasteiger charge is -2.22. The largest absolute Gasteiger partial charge is 0.465 e. The van der Waals surface area contributed by atoms with E-state index >= 15 is 0 Å². The summed E-state index contributed by atoms with van der Waals surface area (Å²) >= 11 is 1.39. The highest BCUT2D eigenvalue weighted by atomic mass is 32.2. The Morgan fingerprint density at radius 2 is 1.90 bits per heavy atom. The molecule has 1 aromatic heterocycles. The summed E-state index contributed by atoms with van der Waals surface area (Å²) in [6.45, 7) is 3.95. The molecular weight excluding hydrogens is 402 g/mol. The van der Waals surface area contributed by atoms with Gasteiger partial charge in [-0.1, -0.05) is 30.0 Å². The van der Waals surface area contributed by atoms with Crippen molar-refractivity contribution < 1.29 is 14.3 Å². The van der Waals surface area contributed by atoms with E-state index in [4.69, 9.17) is 4.74 Å². The molecule has 1 saturated heterocycles. The van der Waals surface area contributed by atoms with Gasteiger partial charge in [-0.2, -0.15) is 0 Å². The van der Waals surface area contributed by atoms with E-state index in [9.17, 15) is 9.59 Å². The van der Waals surface area contributed by atoms with Crippen LogP contribution in [0.4, 0.5) is 11.6 Å². The number of carbonyl (C=O) groups is 2. The number of para-hydroxylation sites is 1. The summed E-state index contributed by atoms with van der Waals surface area (Å²) in [6, 6.07) is 9.64. The Bertz CT molecular complexity index is 878. The van der Waals surface area contributed by atoms with Gasteiger partial charge in [0.15, 0.2) is 5.16 Å². The molecule has 0 N–H and O–H groups in total. The topological polar surface area (TPSA) is 80.6 Å². The highest BCUT2D eigenvalue weighted by Crippen LogP contribution is 2.41. The molecule has 2 aromatic rings. The molecule has 2 heterocycles. The number of anilines is 2. The normalized spacial score (nSPS) is 16.0. The lowest BCUT2D eigenvalue weighted by molar-refractivity contribution is -0.142. The van der Waals surface area contributed by atoms with E-state index in [1.807, 2.05) is 30.3 Å². The zero-order chi connectivity index (χ0) is 20.9. The molecule has 1 aliphatic carbocycles. The lowest BCUT2D eigenvalue weighted by Crippen LogP contribution is -2.37. The van der Waals surface area contributed by atoms with Gasteiger partial charge in [0.05, 0.1) is 12.4 Å². The Hall–Kier alpha value is -2.55. The van der Waals surface area contributed by atoms with Crippen LogP contribution in [0.1, 0.15) is 38.6 Å². The number of hydrogen-bond acceptors (Lipinski definition) is 7. The molecular formula is C21H27N5O3S. The van der Waals surface area contributed by atoms with E-state index in [-0.39, 0.29) is 24.8 Å². The van der Waals surface area contributed by atoms with Gasteiger partial charge in [0, 0.05) is 24.8 Å². The molecule has 8 nitrogen and oxygen atoms in total. The maximum Gasteiger partial charge on any atom is 0.326 e. The number of carbonyl (C=O) groups excluding carboxylic acids is 2. The maximum absolute atomic E-state index is 13.0. The summed E-state index contributed by atoms with van der Waals surface area (Å²) in [5.41, 5.74) is 0.678. The lowest BCUT2D eigenvalue weighted by atomic mass is 10.3. The molecule has 30 heavy (non-hydrogen) atoms. The molecule has 0 bridgehead atoms. The molecule has 2 aliphatic rings. The van der Waals surface area contributed by atoms with Crippen molar-refractivity contribution in [1.29, 1.82) is 0 Å². The number of hydrogen-bond donors (Lipinski definition) is 0. The van der Waals surface area contributed by atoms with Crippen LogP contribution in [-0.2, 0) is 14.3 Å².